The number of aromatic nitrogens is 1. The van der Waals surface area contributed by atoms with Gasteiger partial charge >= 0.3 is 0 Å². The second-order valence-electron chi connectivity index (χ2n) is 7.62. The molecule has 5 nitrogen and oxygen atoms in total. The van der Waals surface area contributed by atoms with Gasteiger partial charge in [-0.15, -0.1) is 10.6 Å². The zero-order chi connectivity index (χ0) is 19.9. The summed E-state index contributed by atoms with van der Waals surface area (Å²) in [7, 11) is 0. The van der Waals surface area contributed by atoms with E-state index in [4.69, 9.17) is 0 Å². The fraction of sp³-hybridized carbons (Fsp3) is 0.0800. The molecule has 4 aromatic rings. The van der Waals surface area contributed by atoms with Gasteiger partial charge in [0.25, 0.3) is 0 Å². The van der Waals surface area contributed by atoms with E-state index < -0.39 is 0 Å². The lowest BCUT2D eigenvalue weighted by molar-refractivity contribution is 0.577. The average Bonchev–Trinajstić information content (AvgIpc) is 3.48. The van der Waals surface area contributed by atoms with Crippen molar-refractivity contribution in [3.63, 3.8) is 0 Å². The normalized spacial score (nSPS) is 14.3. The van der Waals surface area contributed by atoms with Crippen molar-refractivity contribution in [1.82, 2.24) is 21.1 Å². The Morgan fingerprint density at radius 1 is 0.733 bits per heavy atom. The lowest BCUT2D eigenvalue weighted by Gasteiger charge is -2.20. The minimum Gasteiger partial charge on any atom is -0.313 e. The predicted octanol–water partition coefficient (Wildman–Crippen LogP) is 4.18. The fourth-order valence-electron chi connectivity index (χ4n) is 4.53. The summed E-state index contributed by atoms with van der Waals surface area (Å²) < 4.78 is 2.42. The Morgan fingerprint density at radius 3 is 2.43 bits per heavy atom. The van der Waals surface area contributed by atoms with Gasteiger partial charge in [0.05, 0.1) is 5.69 Å². The molecule has 0 spiro atoms. The molecule has 0 unspecified atom stereocenters. The molecule has 3 aromatic carbocycles. The zero-order valence-electron chi connectivity index (χ0n) is 16.4. The van der Waals surface area contributed by atoms with Crippen molar-refractivity contribution >= 4 is 5.84 Å². The number of nitrogens with one attached hydrogen (secondary N) is 3. The molecule has 2 heterocycles. The number of benzene rings is 3. The van der Waals surface area contributed by atoms with Gasteiger partial charge in [-0.3, -0.25) is 5.43 Å². The summed E-state index contributed by atoms with van der Waals surface area (Å²) in [5, 5.41) is 4.26. The van der Waals surface area contributed by atoms with Crippen LogP contribution in [-0.2, 0) is 12.8 Å². The number of hydrazine groups is 2. The molecule has 2 aliphatic rings. The second-order valence-corrected chi connectivity index (χ2v) is 7.62. The minimum absolute atomic E-state index is 0.782. The van der Waals surface area contributed by atoms with Crippen LogP contribution in [0.15, 0.2) is 90.0 Å². The zero-order valence-corrected chi connectivity index (χ0v) is 16.4. The third kappa shape index (κ3) is 2.71. The van der Waals surface area contributed by atoms with Crippen molar-refractivity contribution in [2.24, 2.45) is 5.10 Å². The summed E-state index contributed by atoms with van der Waals surface area (Å²) in [6.45, 7) is 0. The molecular formula is C25H21N5. The molecule has 0 bridgehead atoms. The van der Waals surface area contributed by atoms with Crippen LogP contribution in [0.4, 0.5) is 0 Å². The van der Waals surface area contributed by atoms with Gasteiger partial charge in [-0.25, -0.2) is 5.53 Å². The average molecular weight is 391 g/mol. The third-order valence-corrected chi connectivity index (χ3v) is 5.89. The molecule has 1 aliphatic heterocycles. The van der Waals surface area contributed by atoms with Gasteiger partial charge in [0.15, 0.2) is 5.84 Å². The highest BCUT2D eigenvalue weighted by molar-refractivity contribution is 5.99. The lowest BCUT2D eigenvalue weighted by Crippen LogP contribution is -2.35. The monoisotopic (exact) mass is 391 g/mol. The van der Waals surface area contributed by atoms with Gasteiger partial charge in [0, 0.05) is 22.5 Å². The van der Waals surface area contributed by atoms with E-state index in [1.807, 2.05) is 0 Å². The van der Waals surface area contributed by atoms with Crippen molar-refractivity contribution < 1.29 is 0 Å². The molecule has 6 rings (SSSR count). The number of hydrazone groups is 1. The molecular weight excluding hydrogens is 370 g/mol. The largest absolute Gasteiger partial charge is 0.313 e. The van der Waals surface area contributed by atoms with E-state index in [2.05, 4.69) is 111 Å². The van der Waals surface area contributed by atoms with Crippen LogP contribution in [-0.4, -0.2) is 10.4 Å². The maximum Gasteiger partial charge on any atom is 0.170 e. The van der Waals surface area contributed by atoms with Crippen molar-refractivity contribution in [2.75, 3.05) is 0 Å². The first-order valence-electron chi connectivity index (χ1n) is 10.2. The Hall–Kier alpha value is -3.83. The van der Waals surface area contributed by atoms with Gasteiger partial charge in [-0.05, 0) is 47.7 Å². The van der Waals surface area contributed by atoms with E-state index in [-0.39, 0.29) is 0 Å². The van der Waals surface area contributed by atoms with Gasteiger partial charge in [0.1, 0.15) is 0 Å². The van der Waals surface area contributed by atoms with Crippen LogP contribution in [0, 0.1) is 0 Å². The lowest BCUT2D eigenvalue weighted by atomic mass is 9.90. The van der Waals surface area contributed by atoms with Gasteiger partial charge in [-0.2, -0.15) is 0 Å². The summed E-state index contributed by atoms with van der Waals surface area (Å²) in [5.74, 6) is 0.782. The summed E-state index contributed by atoms with van der Waals surface area (Å²) >= 11 is 0. The van der Waals surface area contributed by atoms with Crippen LogP contribution < -0.4 is 16.5 Å². The first-order chi connectivity index (χ1) is 14.9. The number of aryl methyl sites for hydroxylation is 1. The fourth-order valence-corrected chi connectivity index (χ4v) is 4.53. The topological polar surface area (TPSA) is 53.4 Å². The minimum atomic E-state index is 0.782. The van der Waals surface area contributed by atoms with Crippen molar-refractivity contribution in [3.05, 3.63) is 102 Å². The summed E-state index contributed by atoms with van der Waals surface area (Å²) in [4.78, 5) is 0. The Balaban J connectivity index is 1.59. The maximum atomic E-state index is 4.26. The van der Waals surface area contributed by atoms with Crippen LogP contribution in [0.25, 0.3) is 28.1 Å². The van der Waals surface area contributed by atoms with E-state index in [0.29, 0.717) is 0 Å². The molecule has 0 saturated heterocycles. The Morgan fingerprint density at radius 2 is 1.57 bits per heavy atom. The molecule has 1 aromatic heterocycles. The quantitative estimate of drug-likeness (QED) is 0.491. The highest BCUT2D eigenvalue weighted by Gasteiger charge is 2.24. The summed E-state index contributed by atoms with van der Waals surface area (Å²) in [6.07, 6.45) is 2.08. The molecule has 0 saturated carbocycles. The number of rotatable bonds is 3. The first kappa shape index (κ1) is 17.1. The smallest absolute Gasteiger partial charge is 0.170 e. The Bertz CT molecular complexity index is 1270. The van der Waals surface area contributed by atoms with E-state index in [9.17, 15) is 0 Å². The summed E-state index contributed by atoms with van der Waals surface area (Å²) in [6, 6.07) is 30.3. The van der Waals surface area contributed by atoms with Gasteiger partial charge < -0.3 is 4.57 Å². The SMILES string of the molecule is c1ccc(-c2cc3c(n2-c2cccc(C4=NNNN4)c2)CCc2ccccc2-3)cc1. The highest BCUT2D eigenvalue weighted by Crippen LogP contribution is 2.40. The second kappa shape index (κ2) is 6.90. The number of amidine groups is 1. The van der Waals surface area contributed by atoms with E-state index >= 15 is 0 Å². The molecule has 0 fully saturated rings. The standard InChI is InChI=1S/C25H21N5/c1-2-8-18(9-3-1)24-16-22-21-12-5-4-7-17(21)13-14-23(22)30(24)20-11-6-10-19(15-20)25-26-28-29-27-25/h1-12,15-16,28-29H,13-14H2,(H,26,27). The first-order valence-corrected chi connectivity index (χ1v) is 10.2. The Kier molecular flexibility index (Phi) is 3.92. The number of hydrogen-bond acceptors (Lipinski definition) is 4. The van der Waals surface area contributed by atoms with E-state index in [1.165, 1.54) is 33.6 Å². The number of nitrogens with zero attached hydrogens (tertiary/aromatic N) is 2. The molecule has 5 heteroatoms. The maximum absolute atomic E-state index is 4.26. The van der Waals surface area contributed by atoms with Crippen LogP contribution >= 0.6 is 0 Å². The van der Waals surface area contributed by atoms with Crippen LogP contribution in [0.1, 0.15) is 16.8 Å². The number of fused-ring (bicyclic) bond motifs is 3. The molecule has 0 radical (unpaired) electrons. The molecule has 3 N–H and O–H groups in total. The summed E-state index contributed by atoms with van der Waals surface area (Å²) in [5.41, 5.74) is 18.7. The van der Waals surface area contributed by atoms with Crippen molar-refractivity contribution in [2.45, 2.75) is 12.8 Å². The van der Waals surface area contributed by atoms with Crippen molar-refractivity contribution in [1.29, 1.82) is 0 Å². The highest BCUT2D eigenvalue weighted by atomic mass is 15.8. The molecule has 1 aliphatic carbocycles. The predicted molar refractivity (Wildman–Crippen MR) is 120 cm³/mol. The number of hydrogen-bond donors (Lipinski definition) is 3. The Labute approximate surface area is 175 Å². The third-order valence-electron chi connectivity index (χ3n) is 5.89. The van der Waals surface area contributed by atoms with Crippen LogP contribution in [0.5, 0.6) is 0 Å². The molecule has 0 amide bonds. The van der Waals surface area contributed by atoms with Crippen molar-refractivity contribution in [3.8, 4) is 28.1 Å². The van der Waals surface area contributed by atoms with Gasteiger partial charge in [0.2, 0.25) is 0 Å². The molecule has 0 atom stereocenters. The molecule has 146 valence electrons. The van der Waals surface area contributed by atoms with E-state index in [0.717, 1.165) is 29.9 Å². The van der Waals surface area contributed by atoms with Crippen LogP contribution in [0.3, 0.4) is 0 Å². The van der Waals surface area contributed by atoms with E-state index in [1.54, 1.807) is 0 Å². The van der Waals surface area contributed by atoms with Gasteiger partial charge in [-0.1, -0.05) is 66.7 Å². The molecule has 30 heavy (non-hydrogen) atoms. The van der Waals surface area contributed by atoms with Crippen LogP contribution in [0.2, 0.25) is 0 Å².